The van der Waals surface area contributed by atoms with Crippen molar-refractivity contribution in [2.24, 2.45) is 0 Å². The van der Waals surface area contributed by atoms with Crippen LogP contribution in [0.5, 0.6) is 5.75 Å². The van der Waals surface area contributed by atoms with E-state index in [0.29, 0.717) is 29.1 Å². The fraction of sp³-hybridized carbons (Fsp3) is 0.167. The number of non-ortho nitro benzene ring substituents is 1. The van der Waals surface area contributed by atoms with Crippen molar-refractivity contribution >= 4 is 29.0 Å². The molecule has 9 nitrogen and oxygen atoms in total. The molecule has 0 bridgehead atoms. The van der Waals surface area contributed by atoms with E-state index in [4.69, 9.17) is 4.74 Å². The van der Waals surface area contributed by atoms with Gasteiger partial charge in [0, 0.05) is 42.2 Å². The molecule has 0 spiro atoms. The summed E-state index contributed by atoms with van der Waals surface area (Å²) >= 11 is 0. The number of ether oxygens (including phenoxy) is 1. The highest BCUT2D eigenvalue weighted by molar-refractivity contribution is 6.01. The van der Waals surface area contributed by atoms with Gasteiger partial charge in [-0.3, -0.25) is 19.8 Å². The average Bonchev–Trinajstić information content (AvgIpc) is 2.84. The van der Waals surface area contributed by atoms with Gasteiger partial charge in [-0.15, -0.1) is 0 Å². The molecule has 3 aromatic carbocycles. The van der Waals surface area contributed by atoms with Gasteiger partial charge in [-0.1, -0.05) is 0 Å². The Balaban J connectivity index is 1.65. The van der Waals surface area contributed by atoms with Gasteiger partial charge in [-0.25, -0.2) is 9.18 Å². The lowest BCUT2D eigenvalue weighted by molar-refractivity contribution is -0.384. The smallest absolute Gasteiger partial charge is 0.326 e. The van der Waals surface area contributed by atoms with Gasteiger partial charge in [-0.05, 0) is 67.1 Å². The van der Waals surface area contributed by atoms with Crippen LogP contribution in [0.4, 0.5) is 26.2 Å². The van der Waals surface area contributed by atoms with Crippen LogP contribution in [0.3, 0.4) is 0 Å². The van der Waals surface area contributed by atoms with Gasteiger partial charge in [0.2, 0.25) is 0 Å². The highest BCUT2D eigenvalue weighted by Crippen LogP contribution is 2.21. The molecule has 0 heterocycles. The van der Waals surface area contributed by atoms with Gasteiger partial charge in [0.1, 0.15) is 11.6 Å². The van der Waals surface area contributed by atoms with Crippen LogP contribution in [0.15, 0.2) is 72.8 Å². The van der Waals surface area contributed by atoms with Crippen LogP contribution in [0.25, 0.3) is 0 Å². The molecule has 3 rings (SSSR count). The van der Waals surface area contributed by atoms with Gasteiger partial charge < -0.3 is 15.4 Å². The quantitative estimate of drug-likeness (QED) is 0.272. The zero-order valence-electron chi connectivity index (χ0n) is 18.4. The van der Waals surface area contributed by atoms with E-state index < -0.39 is 16.8 Å². The van der Waals surface area contributed by atoms with E-state index in [9.17, 15) is 24.1 Å². The molecule has 0 saturated heterocycles. The number of nitro benzene ring substituents is 1. The fourth-order valence-electron chi connectivity index (χ4n) is 3.11. The van der Waals surface area contributed by atoms with Crippen LogP contribution >= 0.6 is 0 Å². The number of nitrogens with one attached hydrogen (secondary N) is 2. The Labute approximate surface area is 195 Å². The number of carbonyl (C=O) groups excluding carboxylic acids is 2. The van der Waals surface area contributed by atoms with Crippen LogP contribution in [0.1, 0.15) is 16.8 Å². The average molecular weight is 466 g/mol. The minimum absolute atomic E-state index is 0.0816. The Morgan fingerprint density at radius 2 is 1.65 bits per heavy atom. The summed E-state index contributed by atoms with van der Waals surface area (Å²) in [6, 6.07) is 17.2. The molecular weight excluding hydrogens is 443 g/mol. The van der Waals surface area contributed by atoms with Gasteiger partial charge in [0.05, 0.1) is 12.0 Å². The minimum atomic E-state index is -0.518. The number of rotatable bonds is 9. The van der Waals surface area contributed by atoms with Crippen LogP contribution in [0, 0.1) is 15.9 Å². The van der Waals surface area contributed by atoms with Crippen LogP contribution in [-0.4, -0.2) is 37.1 Å². The summed E-state index contributed by atoms with van der Waals surface area (Å²) in [5.74, 6) is -0.136. The van der Waals surface area contributed by atoms with E-state index in [1.54, 1.807) is 24.3 Å². The van der Waals surface area contributed by atoms with Crippen molar-refractivity contribution in [3.05, 3.63) is 94.3 Å². The highest BCUT2D eigenvalue weighted by atomic mass is 19.1. The second-order valence-electron chi connectivity index (χ2n) is 7.20. The van der Waals surface area contributed by atoms with Crippen molar-refractivity contribution in [1.82, 2.24) is 5.32 Å². The molecule has 3 amide bonds. The lowest BCUT2D eigenvalue weighted by atomic mass is 10.2. The summed E-state index contributed by atoms with van der Waals surface area (Å²) in [7, 11) is 1.54. The van der Waals surface area contributed by atoms with Crippen molar-refractivity contribution in [3.8, 4) is 5.75 Å². The second-order valence-corrected chi connectivity index (χ2v) is 7.20. The zero-order valence-corrected chi connectivity index (χ0v) is 18.4. The van der Waals surface area contributed by atoms with E-state index in [1.165, 1.54) is 60.5 Å². The predicted molar refractivity (Wildman–Crippen MR) is 126 cm³/mol. The van der Waals surface area contributed by atoms with Crippen molar-refractivity contribution in [1.29, 1.82) is 0 Å². The summed E-state index contributed by atoms with van der Waals surface area (Å²) in [5.41, 5.74) is 1.26. The van der Waals surface area contributed by atoms with Crippen molar-refractivity contribution < 1.29 is 23.6 Å². The number of urea groups is 1. The molecule has 0 aliphatic heterocycles. The third kappa shape index (κ3) is 6.52. The van der Waals surface area contributed by atoms with Crippen LogP contribution in [0.2, 0.25) is 0 Å². The number of anilines is 2. The van der Waals surface area contributed by atoms with Gasteiger partial charge in [0.25, 0.3) is 11.6 Å². The SMILES string of the molecule is COc1ccc(N(CCCNC(=O)c2ccc(F)cc2)C(=O)Nc2ccc([N+](=O)[O-])cc2)cc1. The first-order chi connectivity index (χ1) is 16.4. The zero-order chi connectivity index (χ0) is 24.5. The number of halogens is 1. The summed E-state index contributed by atoms with van der Waals surface area (Å²) in [5, 5.41) is 16.3. The van der Waals surface area contributed by atoms with E-state index >= 15 is 0 Å². The normalized spacial score (nSPS) is 10.3. The monoisotopic (exact) mass is 466 g/mol. The van der Waals surface area contributed by atoms with Gasteiger partial charge in [-0.2, -0.15) is 0 Å². The summed E-state index contributed by atoms with van der Waals surface area (Å²) in [6.45, 7) is 0.558. The second kappa shape index (κ2) is 11.4. The summed E-state index contributed by atoms with van der Waals surface area (Å²) < 4.78 is 18.2. The summed E-state index contributed by atoms with van der Waals surface area (Å²) in [4.78, 5) is 37.0. The number of hydrogen-bond acceptors (Lipinski definition) is 5. The number of nitro groups is 1. The molecule has 0 fully saturated rings. The standard InChI is InChI=1S/C24H23FN4O5/c1-34-22-13-11-20(12-14-22)28(24(31)27-19-7-9-21(10-8-19)29(32)33)16-2-15-26-23(30)17-3-5-18(25)6-4-17/h3-14H,2,15-16H2,1H3,(H,26,30)(H,27,31). The molecule has 3 aromatic rings. The predicted octanol–water partition coefficient (Wildman–Crippen LogP) is 4.60. The number of amides is 3. The third-order valence-electron chi connectivity index (χ3n) is 4.91. The van der Waals surface area contributed by atoms with E-state index in [1.807, 2.05) is 0 Å². The maximum Gasteiger partial charge on any atom is 0.326 e. The molecule has 0 aliphatic carbocycles. The van der Waals surface area contributed by atoms with Gasteiger partial charge in [0.15, 0.2) is 0 Å². The third-order valence-corrected chi connectivity index (χ3v) is 4.91. The molecule has 10 heteroatoms. The molecule has 0 atom stereocenters. The molecule has 2 N–H and O–H groups in total. The first kappa shape index (κ1) is 24.2. The number of carbonyl (C=O) groups is 2. The minimum Gasteiger partial charge on any atom is -0.497 e. The van der Waals surface area contributed by atoms with E-state index in [0.717, 1.165) is 0 Å². The first-order valence-electron chi connectivity index (χ1n) is 10.4. The van der Waals surface area contributed by atoms with Gasteiger partial charge >= 0.3 is 6.03 Å². The molecule has 0 unspecified atom stereocenters. The molecule has 0 aromatic heterocycles. The maximum absolute atomic E-state index is 13.0. The number of hydrogen-bond donors (Lipinski definition) is 2. The maximum atomic E-state index is 13.0. The first-order valence-corrected chi connectivity index (χ1v) is 10.4. The van der Waals surface area contributed by atoms with Crippen LogP contribution < -0.4 is 20.3 Å². The molecule has 0 saturated carbocycles. The van der Waals surface area contributed by atoms with Crippen molar-refractivity contribution in [3.63, 3.8) is 0 Å². The Kier molecular flexibility index (Phi) is 8.11. The topological polar surface area (TPSA) is 114 Å². The fourth-order valence-corrected chi connectivity index (χ4v) is 3.11. The lowest BCUT2D eigenvalue weighted by Crippen LogP contribution is -2.37. The number of nitrogens with zero attached hydrogens (tertiary/aromatic N) is 2. The Morgan fingerprint density at radius 1 is 1.00 bits per heavy atom. The van der Waals surface area contributed by atoms with E-state index in [2.05, 4.69) is 10.6 Å². The molecule has 176 valence electrons. The highest BCUT2D eigenvalue weighted by Gasteiger charge is 2.17. The Morgan fingerprint density at radius 3 is 2.24 bits per heavy atom. The summed E-state index contributed by atoms with van der Waals surface area (Å²) in [6.07, 6.45) is 0.437. The van der Waals surface area contributed by atoms with Crippen LogP contribution in [-0.2, 0) is 0 Å². The Bertz CT molecular complexity index is 1140. The lowest BCUT2D eigenvalue weighted by Gasteiger charge is -2.23. The number of benzene rings is 3. The molecular formula is C24H23FN4O5. The molecule has 34 heavy (non-hydrogen) atoms. The molecule has 0 radical (unpaired) electrons. The largest absolute Gasteiger partial charge is 0.497 e. The number of methoxy groups -OCH3 is 1. The molecule has 0 aliphatic rings. The Hall–Kier alpha value is -4.47. The van der Waals surface area contributed by atoms with Crippen molar-refractivity contribution in [2.45, 2.75) is 6.42 Å². The van der Waals surface area contributed by atoms with E-state index in [-0.39, 0.29) is 24.7 Å². The van der Waals surface area contributed by atoms with Crippen molar-refractivity contribution in [2.75, 3.05) is 30.4 Å².